The Bertz CT molecular complexity index is 808. The van der Waals surface area contributed by atoms with Gasteiger partial charge in [0.15, 0.2) is 5.78 Å². The Hall–Kier alpha value is -2.75. The minimum absolute atomic E-state index is 0.0353. The van der Waals surface area contributed by atoms with E-state index in [1.54, 1.807) is 24.3 Å². The highest BCUT2D eigenvalue weighted by atomic mass is 16.2. The van der Waals surface area contributed by atoms with Crippen molar-refractivity contribution in [3.05, 3.63) is 71.8 Å². The summed E-state index contributed by atoms with van der Waals surface area (Å²) < 4.78 is 0. The molecule has 4 nitrogen and oxygen atoms in total. The molecule has 0 spiro atoms. The Labute approximate surface area is 166 Å². The zero-order chi connectivity index (χ0) is 19.9. The predicted molar refractivity (Wildman–Crippen MR) is 109 cm³/mol. The number of hydrogen-bond acceptors (Lipinski definition) is 3. The van der Waals surface area contributed by atoms with Crippen molar-refractivity contribution in [3.63, 3.8) is 0 Å². The van der Waals surface area contributed by atoms with Gasteiger partial charge in [0.1, 0.15) is 5.78 Å². The third kappa shape index (κ3) is 5.16. The molecule has 1 unspecified atom stereocenters. The molecule has 0 bridgehead atoms. The molecule has 1 aliphatic rings. The SMILES string of the molecule is CC(=O)C(CC(=O)N1CCC(Cc2ccccc2)CC1)C(=O)c1ccccc1. The van der Waals surface area contributed by atoms with Crippen molar-refractivity contribution in [2.45, 2.75) is 32.6 Å². The van der Waals surface area contributed by atoms with Gasteiger partial charge < -0.3 is 4.90 Å². The molecule has 0 N–H and O–H groups in total. The lowest BCUT2D eigenvalue weighted by Crippen LogP contribution is -2.41. The molecule has 1 atom stereocenters. The number of hydrogen-bond donors (Lipinski definition) is 0. The molecular formula is C24H27NO3. The van der Waals surface area contributed by atoms with Crippen LogP contribution in [0.15, 0.2) is 60.7 Å². The Balaban J connectivity index is 1.55. The standard InChI is InChI=1S/C24H27NO3/c1-18(26)22(24(28)21-10-6-3-7-11-21)17-23(27)25-14-12-20(13-15-25)16-19-8-4-2-5-9-19/h2-11,20,22H,12-17H2,1H3. The lowest BCUT2D eigenvalue weighted by atomic mass is 9.88. The van der Waals surface area contributed by atoms with Crippen LogP contribution in [0.4, 0.5) is 0 Å². The molecule has 2 aromatic rings. The van der Waals surface area contributed by atoms with E-state index in [1.807, 2.05) is 17.0 Å². The molecule has 4 heteroatoms. The number of amides is 1. The monoisotopic (exact) mass is 377 g/mol. The van der Waals surface area contributed by atoms with Crippen molar-refractivity contribution < 1.29 is 14.4 Å². The first kappa shape index (κ1) is 20.0. The largest absolute Gasteiger partial charge is 0.343 e. The number of piperidine rings is 1. The van der Waals surface area contributed by atoms with E-state index in [9.17, 15) is 14.4 Å². The number of ketones is 2. The number of nitrogens with zero attached hydrogens (tertiary/aromatic N) is 1. The van der Waals surface area contributed by atoms with E-state index in [2.05, 4.69) is 24.3 Å². The van der Waals surface area contributed by atoms with Crippen LogP contribution in [-0.4, -0.2) is 35.5 Å². The van der Waals surface area contributed by atoms with E-state index in [0.717, 1.165) is 19.3 Å². The molecule has 2 aromatic carbocycles. The molecule has 1 amide bonds. The van der Waals surface area contributed by atoms with Crippen molar-refractivity contribution in [2.24, 2.45) is 11.8 Å². The van der Waals surface area contributed by atoms with Crippen LogP contribution in [0.5, 0.6) is 0 Å². The highest BCUT2D eigenvalue weighted by Crippen LogP contribution is 2.23. The summed E-state index contributed by atoms with van der Waals surface area (Å²) in [7, 11) is 0. The number of carbonyl (C=O) groups is 3. The molecule has 0 aliphatic carbocycles. The van der Waals surface area contributed by atoms with Gasteiger partial charge in [-0.25, -0.2) is 0 Å². The molecule has 0 aromatic heterocycles. The van der Waals surface area contributed by atoms with Gasteiger partial charge in [-0.05, 0) is 37.7 Å². The number of Topliss-reactive ketones (excluding diaryl/α,β-unsaturated/α-hetero) is 2. The van der Waals surface area contributed by atoms with Crippen LogP contribution in [0.2, 0.25) is 0 Å². The number of benzene rings is 2. The predicted octanol–water partition coefficient (Wildman–Crippen LogP) is 3.95. The van der Waals surface area contributed by atoms with E-state index in [4.69, 9.17) is 0 Å². The maximum atomic E-state index is 12.7. The molecule has 28 heavy (non-hydrogen) atoms. The number of rotatable bonds is 7. The molecule has 1 aliphatic heterocycles. The average molecular weight is 377 g/mol. The van der Waals surface area contributed by atoms with E-state index in [0.29, 0.717) is 24.6 Å². The topological polar surface area (TPSA) is 54.5 Å². The summed E-state index contributed by atoms with van der Waals surface area (Å²) in [6, 6.07) is 19.2. The zero-order valence-corrected chi connectivity index (χ0v) is 16.3. The van der Waals surface area contributed by atoms with Crippen LogP contribution in [0.25, 0.3) is 0 Å². The molecule has 146 valence electrons. The summed E-state index contributed by atoms with van der Waals surface area (Å²) in [5.41, 5.74) is 1.81. The van der Waals surface area contributed by atoms with Gasteiger partial charge in [0.25, 0.3) is 0 Å². The molecule has 0 radical (unpaired) electrons. The van der Waals surface area contributed by atoms with E-state index >= 15 is 0 Å². The van der Waals surface area contributed by atoms with Gasteiger partial charge >= 0.3 is 0 Å². The Kier molecular flexibility index (Phi) is 6.75. The van der Waals surface area contributed by atoms with Crippen molar-refractivity contribution in [1.82, 2.24) is 4.90 Å². The van der Waals surface area contributed by atoms with Crippen molar-refractivity contribution >= 4 is 17.5 Å². The molecule has 1 heterocycles. The van der Waals surface area contributed by atoms with Crippen LogP contribution < -0.4 is 0 Å². The quantitative estimate of drug-likeness (QED) is 0.542. The van der Waals surface area contributed by atoms with Crippen molar-refractivity contribution in [1.29, 1.82) is 0 Å². The first-order valence-electron chi connectivity index (χ1n) is 9.96. The molecule has 1 fully saturated rings. The maximum Gasteiger partial charge on any atom is 0.223 e. The van der Waals surface area contributed by atoms with Crippen LogP contribution >= 0.6 is 0 Å². The second-order valence-corrected chi connectivity index (χ2v) is 7.61. The number of carbonyl (C=O) groups excluding carboxylic acids is 3. The van der Waals surface area contributed by atoms with E-state index < -0.39 is 5.92 Å². The Morgan fingerprint density at radius 3 is 2.07 bits per heavy atom. The summed E-state index contributed by atoms with van der Waals surface area (Å²) >= 11 is 0. The van der Waals surface area contributed by atoms with Gasteiger partial charge in [-0.3, -0.25) is 14.4 Å². The third-order valence-electron chi connectivity index (χ3n) is 5.58. The van der Waals surface area contributed by atoms with Crippen LogP contribution in [0.1, 0.15) is 42.1 Å². The van der Waals surface area contributed by atoms with Gasteiger partial charge in [0.2, 0.25) is 5.91 Å². The van der Waals surface area contributed by atoms with E-state index in [-0.39, 0.29) is 23.9 Å². The Morgan fingerprint density at radius 1 is 0.929 bits per heavy atom. The minimum atomic E-state index is -0.892. The lowest BCUT2D eigenvalue weighted by molar-refractivity contribution is -0.135. The van der Waals surface area contributed by atoms with Gasteiger partial charge in [0.05, 0.1) is 5.92 Å². The molecule has 0 saturated carbocycles. The van der Waals surface area contributed by atoms with Crippen LogP contribution in [0.3, 0.4) is 0 Å². The Morgan fingerprint density at radius 2 is 1.50 bits per heavy atom. The molecule has 1 saturated heterocycles. The minimum Gasteiger partial charge on any atom is -0.343 e. The molecular weight excluding hydrogens is 350 g/mol. The van der Waals surface area contributed by atoms with Gasteiger partial charge in [-0.1, -0.05) is 60.7 Å². The normalized spacial score (nSPS) is 15.8. The van der Waals surface area contributed by atoms with Crippen molar-refractivity contribution in [2.75, 3.05) is 13.1 Å². The van der Waals surface area contributed by atoms with Crippen LogP contribution in [-0.2, 0) is 16.0 Å². The fourth-order valence-corrected chi connectivity index (χ4v) is 3.86. The highest BCUT2D eigenvalue weighted by molar-refractivity contribution is 6.11. The van der Waals surface area contributed by atoms with Crippen molar-refractivity contribution in [3.8, 4) is 0 Å². The summed E-state index contributed by atoms with van der Waals surface area (Å²) in [6.45, 7) is 2.78. The molecule has 3 rings (SSSR count). The summed E-state index contributed by atoms with van der Waals surface area (Å²) in [6.07, 6.45) is 2.91. The first-order valence-corrected chi connectivity index (χ1v) is 9.96. The average Bonchev–Trinajstić information content (AvgIpc) is 2.73. The maximum absolute atomic E-state index is 12.7. The highest BCUT2D eigenvalue weighted by Gasteiger charge is 2.30. The fraction of sp³-hybridized carbons (Fsp3) is 0.375. The van der Waals surface area contributed by atoms with E-state index in [1.165, 1.54) is 12.5 Å². The van der Waals surface area contributed by atoms with Gasteiger partial charge in [-0.15, -0.1) is 0 Å². The van der Waals surface area contributed by atoms with Crippen LogP contribution in [0, 0.1) is 11.8 Å². The second kappa shape index (κ2) is 9.45. The zero-order valence-electron chi connectivity index (χ0n) is 16.3. The third-order valence-corrected chi connectivity index (χ3v) is 5.58. The van der Waals surface area contributed by atoms with Gasteiger partial charge in [-0.2, -0.15) is 0 Å². The summed E-state index contributed by atoms with van der Waals surface area (Å²) in [5, 5.41) is 0. The lowest BCUT2D eigenvalue weighted by Gasteiger charge is -2.32. The number of likely N-dealkylation sites (tertiary alicyclic amines) is 1. The summed E-state index contributed by atoms with van der Waals surface area (Å²) in [4.78, 5) is 39.3. The first-order chi connectivity index (χ1) is 13.5. The summed E-state index contributed by atoms with van der Waals surface area (Å²) in [5.74, 6) is -0.929. The fourth-order valence-electron chi connectivity index (χ4n) is 3.86. The second-order valence-electron chi connectivity index (χ2n) is 7.61. The smallest absolute Gasteiger partial charge is 0.223 e. The van der Waals surface area contributed by atoms with Gasteiger partial charge in [0, 0.05) is 25.1 Å².